The van der Waals surface area contributed by atoms with Crippen molar-refractivity contribution >= 4 is 5.78 Å². The lowest BCUT2D eigenvalue weighted by atomic mass is 9.90. The van der Waals surface area contributed by atoms with Gasteiger partial charge in [-0.2, -0.15) is 5.10 Å². The van der Waals surface area contributed by atoms with Crippen LogP contribution in [-0.4, -0.2) is 34.4 Å². The van der Waals surface area contributed by atoms with Crippen molar-refractivity contribution in [3.63, 3.8) is 0 Å². The van der Waals surface area contributed by atoms with Gasteiger partial charge in [-0.05, 0) is 13.8 Å². The zero-order chi connectivity index (χ0) is 11.5. The zero-order valence-corrected chi connectivity index (χ0v) is 9.55. The van der Waals surface area contributed by atoms with Gasteiger partial charge in [0.15, 0.2) is 17.6 Å². The van der Waals surface area contributed by atoms with Gasteiger partial charge in [-0.25, -0.2) is 0 Å². The summed E-state index contributed by atoms with van der Waals surface area (Å²) >= 11 is 0. The van der Waals surface area contributed by atoms with Crippen molar-refractivity contribution in [1.29, 1.82) is 0 Å². The Morgan fingerprint density at radius 3 is 2.94 bits per heavy atom. The number of ketones is 1. The van der Waals surface area contributed by atoms with Gasteiger partial charge < -0.3 is 9.47 Å². The van der Waals surface area contributed by atoms with Gasteiger partial charge in [0.25, 0.3) is 0 Å². The first-order chi connectivity index (χ1) is 7.74. The second kappa shape index (κ2) is 4.65. The Morgan fingerprint density at radius 1 is 1.56 bits per heavy atom. The van der Waals surface area contributed by atoms with Crippen molar-refractivity contribution < 1.29 is 14.3 Å². The van der Waals surface area contributed by atoms with Gasteiger partial charge >= 0.3 is 0 Å². The number of ether oxygens (including phenoxy) is 2. The predicted octanol–water partition coefficient (Wildman–Crippen LogP) is 1.03. The second-order valence-corrected chi connectivity index (χ2v) is 3.73. The Balaban J connectivity index is 1.92. The summed E-state index contributed by atoms with van der Waals surface area (Å²) in [6.45, 7) is 5.22. The van der Waals surface area contributed by atoms with E-state index in [9.17, 15) is 4.79 Å². The molecule has 1 aliphatic rings. The molecule has 1 aromatic heterocycles. The van der Waals surface area contributed by atoms with Crippen molar-refractivity contribution in [2.24, 2.45) is 0 Å². The largest absolute Gasteiger partial charge is 0.483 e. The molecule has 0 N–H and O–H groups in total. The van der Waals surface area contributed by atoms with Crippen LogP contribution in [0.15, 0.2) is 12.4 Å². The molecule has 0 aromatic carbocycles. The minimum absolute atomic E-state index is 0.120. The van der Waals surface area contributed by atoms with E-state index < -0.39 is 6.10 Å². The number of hydrogen-bond donors (Lipinski definition) is 0. The Morgan fingerprint density at radius 2 is 2.38 bits per heavy atom. The molecule has 0 bridgehead atoms. The van der Waals surface area contributed by atoms with Gasteiger partial charge in [-0.15, -0.1) is 0 Å². The van der Waals surface area contributed by atoms with Gasteiger partial charge in [0.2, 0.25) is 0 Å². The van der Waals surface area contributed by atoms with Crippen molar-refractivity contribution in [1.82, 2.24) is 9.78 Å². The lowest BCUT2D eigenvalue weighted by Crippen LogP contribution is -2.52. The Hall–Kier alpha value is -1.36. The first-order valence-corrected chi connectivity index (χ1v) is 5.58. The van der Waals surface area contributed by atoms with E-state index in [-0.39, 0.29) is 11.9 Å². The van der Waals surface area contributed by atoms with Crippen molar-refractivity contribution in [2.45, 2.75) is 39.0 Å². The quantitative estimate of drug-likeness (QED) is 0.749. The second-order valence-electron chi connectivity index (χ2n) is 3.73. The van der Waals surface area contributed by atoms with Crippen LogP contribution in [0.2, 0.25) is 0 Å². The smallest absolute Gasteiger partial charge is 0.169 e. The normalized spacial score (nSPS) is 24.2. The Kier molecular flexibility index (Phi) is 3.24. The first-order valence-electron chi connectivity index (χ1n) is 5.58. The minimum Gasteiger partial charge on any atom is -0.483 e. The SMILES string of the molecule is CCOC1C(=O)CC1Oc1cnn(CC)c1. The molecule has 0 amide bonds. The maximum atomic E-state index is 11.3. The fourth-order valence-electron chi connectivity index (χ4n) is 1.70. The summed E-state index contributed by atoms with van der Waals surface area (Å²) in [5, 5.41) is 4.10. The van der Waals surface area contributed by atoms with Gasteiger partial charge in [-0.3, -0.25) is 9.48 Å². The summed E-state index contributed by atoms with van der Waals surface area (Å²) in [5.74, 6) is 0.818. The standard InChI is InChI=1S/C11H16N2O3/c1-3-13-7-8(6-12-13)16-10-5-9(14)11(10)15-4-2/h6-7,10-11H,3-5H2,1-2H3. The van der Waals surface area contributed by atoms with E-state index in [2.05, 4.69) is 5.10 Å². The van der Waals surface area contributed by atoms with Crippen molar-refractivity contribution in [3.05, 3.63) is 12.4 Å². The molecule has 2 unspecified atom stereocenters. The van der Waals surface area contributed by atoms with Crippen LogP contribution in [0.1, 0.15) is 20.3 Å². The third kappa shape index (κ3) is 2.09. The molecule has 16 heavy (non-hydrogen) atoms. The summed E-state index contributed by atoms with van der Waals surface area (Å²) in [7, 11) is 0. The molecule has 5 heteroatoms. The molecule has 0 spiro atoms. The fourth-order valence-corrected chi connectivity index (χ4v) is 1.70. The van der Waals surface area contributed by atoms with Crippen LogP contribution in [0.5, 0.6) is 5.75 Å². The number of hydrogen-bond acceptors (Lipinski definition) is 4. The van der Waals surface area contributed by atoms with E-state index in [1.165, 1.54) is 0 Å². The molecular weight excluding hydrogens is 208 g/mol. The highest BCUT2D eigenvalue weighted by molar-refractivity contribution is 5.90. The fraction of sp³-hybridized carbons (Fsp3) is 0.636. The van der Waals surface area contributed by atoms with E-state index in [1.54, 1.807) is 10.9 Å². The van der Waals surface area contributed by atoms with Crippen LogP contribution in [0.3, 0.4) is 0 Å². The van der Waals surface area contributed by atoms with Crippen LogP contribution >= 0.6 is 0 Å². The third-order valence-corrected chi connectivity index (χ3v) is 2.62. The van der Waals surface area contributed by atoms with E-state index in [4.69, 9.17) is 9.47 Å². The zero-order valence-electron chi connectivity index (χ0n) is 9.55. The molecule has 1 aliphatic carbocycles. The number of rotatable bonds is 5. The first kappa shape index (κ1) is 11.1. The highest BCUT2D eigenvalue weighted by Gasteiger charge is 2.42. The number of aromatic nitrogens is 2. The highest BCUT2D eigenvalue weighted by Crippen LogP contribution is 2.25. The predicted molar refractivity (Wildman–Crippen MR) is 57.4 cm³/mol. The van der Waals surface area contributed by atoms with Crippen molar-refractivity contribution in [2.75, 3.05) is 6.61 Å². The van der Waals surface area contributed by atoms with Gasteiger partial charge in [0, 0.05) is 19.6 Å². The monoisotopic (exact) mass is 224 g/mol. The molecule has 2 atom stereocenters. The van der Waals surface area contributed by atoms with Gasteiger partial charge in [0.1, 0.15) is 6.10 Å². The minimum atomic E-state index is -0.394. The number of aryl methyl sites for hydroxylation is 1. The number of carbonyl (C=O) groups is 1. The maximum absolute atomic E-state index is 11.3. The van der Waals surface area contributed by atoms with E-state index >= 15 is 0 Å². The number of nitrogens with zero attached hydrogens (tertiary/aromatic N) is 2. The highest BCUT2D eigenvalue weighted by atomic mass is 16.5. The lowest BCUT2D eigenvalue weighted by Gasteiger charge is -2.33. The molecule has 0 saturated heterocycles. The van der Waals surface area contributed by atoms with E-state index in [1.807, 2.05) is 20.0 Å². The average Bonchev–Trinajstić information content (AvgIpc) is 2.73. The summed E-state index contributed by atoms with van der Waals surface area (Å²) in [6, 6.07) is 0. The number of carbonyl (C=O) groups excluding carboxylic acids is 1. The van der Waals surface area contributed by atoms with Crippen LogP contribution in [0.4, 0.5) is 0 Å². The molecule has 1 heterocycles. The van der Waals surface area contributed by atoms with E-state index in [0.717, 1.165) is 6.54 Å². The molecule has 1 aromatic rings. The van der Waals surface area contributed by atoms with Crippen LogP contribution < -0.4 is 4.74 Å². The molecule has 0 radical (unpaired) electrons. The van der Waals surface area contributed by atoms with Crippen LogP contribution in [0, 0.1) is 0 Å². The number of Topliss-reactive ketones (excluding diaryl/α,β-unsaturated/α-hetero) is 1. The average molecular weight is 224 g/mol. The van der Waals surface area contributed by atoms with Gasteiger partial charge in [0.05, 0.1) is 12.4 Å². The topological polar surface area (TPSA) is 53.4 Å². The summed E-state index contributed by atoms with van der Waals surface area (Å²) in [6.07, 6.45) is 3.38. The summed E-state index contributed by atoms with van der Waals surface area (Å²) in [4.78, 5) is 11.3. The molecule has 88 valence electrons. The lowest BCUT2D eigenvalue weighted by molar-refractivity contribution is -0.154. The summed E-state index contributed by atoms with van der Waals surface area (Å²) in [5.41, 5.74) is 0. The molecule has 1 saturated carbocycles. The Bertz CT molecular complexity index is 375. The molecular formula is C11H16N2O3. The van der Waals surface area contributed by atoms with Crippen molar-refractivity contribution in [3.8, 4) is 5.75 Å². The molecule has 5 nitrogen and oxygen atoms in total. The van der Waals surface area contributed by atoms with Gasteiger partial charge in [-0.1, -0.05) is 0 Å². The molecule has 1 fully saturated rings. The van der Waals surface area contributed by atoms with E-state index in [0.29, 0.717) is 18.8 Å². The van der Waals surface area contributed by atoms with Crippen LogP contribution in [-0.2, 0) is 16.1 Å². The summed E-state index contributed by atoms with van der Waals surface area (Å²) < 4.78 is 12.7. The maximum Gasteiger partial charge on any atom is 0.169 e. The Labute approximate surface area is 94.3 Å². The van der Waals surface area contributed by atoms with Crippen LogP contribution in [0.25, 0.3) is 0 Å². The molecule has 2 rings (SSSR count). The third-order valence-electron chi connectivity index (χ3n) is 2.62. The molecule has 0 aliphatic heterocycles.